The number of carbonyl (C=O) groups is 3. The smallest absolute Gasteiger partial charge is 0.348 e. The molecule has 1 saturated carbocycles. The van der Waals surface area contributed by atoms with E-state index in [9.17, 15) is 49.5 Å². The van der Waals surface area contributed by atoms with Crippen LogP contribution in [0.15, 0.2) is 60.7 Å². The molecule has 3 fully saturated rings. The van der Waals surface area contributed by atoms with Crippen LogP contribution in [0.4, 0.5) is 45.6 Å². The number of likely N-dealkylation sites (tertiary alicyclic amines) is 1. The quantitative estimate of drug-likeness (QED) is 0.230. The maximum atomic E-state index is 13.8. The number of alkyl halides is 6. The summed E-state index contributed by atoms with van der Waals surface area (Å²) < 4.78 is 109. The molecule has 2 atom stereocenters. The van der Waals surface area contributed by atoms with E-state index in [-0.39, 0.29) is 49.9 Å². The summed E-state index contributed by atoms with van der Waals surface area (Å²) in [4.78, 5) is 47.5. The molecule has 2 saturated heterocycles. The fourth-order valence-corrected chi connectivity index (χ4v) is 7.05. The Balaban J connectivity index is 1.18. The van der Waals surface area contributed by atoms with Gasteiger partial charge in [-0.05, 0) is 73.7 Å². The number of amides is 4. The van der Waals surface area contributed by atoms with Gasteiger partial charge in [0.2, 0.25) is 11.9 Å². The Morgan fingerprint density at radius 2 is 1.44 bits per heavy atom. The van der Waals surface area contributed by atoms with Gasteiger partial charge in [-0.3, -0.25) is 14.5 Å². The van der Waals surface area contributed by atoms with Crippen molar-refractivity contribution in [2.24, 2.45) is 5.92 Å². The summed E-state index contributed by atoms with van der Waals surface area (Å²) in [6.45, 7) is -0.0496. The minimum Gasteiger partial charge on any atom is -0.348 e. The molecule has 8 nitrogen and oxygen atoms in total. The van der Waals surface area contributed by atoms with Crippen molar-refractivity contribution in [1.29, 1.82) is 0 Å². The number of benzene rings is 2. The first-order valence-electron chi connectivity index (χ1n) is 15.9. The molecule has 3 aromatic rings. The number of pyridine rings is 1. The van der Waals surface area contributed by atoms with Crippen LogP contribution in [-0.4, -0.2) is 70.9 Å². The molecule has 3 heterocycles. The zero-order valence-electron chi connectivity index (χ0n) is 26.3. The van der Waals surface area contributed by atoms with Gasteiger partial charge in [0.1, 0.15) is 11.5 Å². The van der Waals surface area contributed by atoms with Gasteiger partial charge in [-0.2, -0.15) is 30.7 Å². The van der Waals surface area contributed by atoms with E-state index in [2.05, 4.69) is 10.3 Å². The van der Waals surface area contributed by atoms with E-state index < -0.39 is 70.7 Å². The lowest BCUT2D eigenvalue weighted by Gasteiger charge is -2.31. The summed E-state index contributed by atoms with van der Waals surface area (Å²) in [6, 6.07) is 8.59. The number of aromatic nitrogens is 1. The zero-order chi connectivity index (χ0) is 36.0. The highest BCUT2D eigenvalue weighted by Gasteiger charge is 2.47. The molecule has 50 heavy (non-hydrogen) atoms. The van der Waals surface area contributed by atoms with Gasteiger partial charge in [0.15, 0.2) is 0 Å². The fraction of sp³-hybridized carbons (Fsp3) is 0.412. The molecular weight excluding hydrogens is 678 g/mol. The second-order valence-corrected chi connectivity index (χ2v) is 12.7. The van der Waals surface area contributed by atoms with E-state index in [1.54, 1.807) is 4.90 Å². The first-order chi connectivity index (χ1) is 23.6. The van der Waals surface area contributed by atoms with Crippen LogP contribution in [0.25, 0.3) is 0 Å². The highest BCUT2D eigenvalue weighted by atomic mass is 19.4. The number of hydrogen-bond acceptors (Lipinski definition) is 4. The van der Waals surface area contributed by atoms with Gasteiger partial charge in [0, 0.05) is 49.7 Å². The van der Waals surface area contributed by atoms with Gasteiger partial charge < -0.3 is 15.1 Å². The molecule has 1 N–H and O–H groups in total. The van der Waals surface area contributed by atoms with Crippen molar-refractivity contribution < 1.29 is 49.5 Å². The molecule has 6 rings (SSSR count). The first kappa shape index (κ1) is 35.1. The molecule has 0 spiro atoms. The average Bonchev–Trinajstić information content (AvgIpc) is 3.68. The number of halogens is 8. The van der Waals surface area contributed by atoms with Crippen molar-refractivity contribution in [1.82, 2.24) is 20.1 Å². The maximum absolute atomic E-state index is 13.8. The number of nitrogens with one attached hydrogen (secondary N) is 1. The van der Waals surface area contributed by atoms with Crippen LogP contribution >= 0.6 is 0 Å². The van der Waals surface area contributed by atoms with Crippen molar-refractivity contribution >= 4 is 23.5 Å². The molecule has 16 heteroatoms. The van der Waals surface area contributed by atoms with Crippen molar-refractivity contribution in [3.63, 3.8) is 0 Å². The molecule has 3 aliphatic rings. The van der Waals surface area contributed by atoms with Crippen LogP contribution in [0, 0.1) is 17.7 Å². The van der Waals surface area contributed by atoms with Crippen molar-refractivity contribution in [3.05, 3.63) is 94.8 Å². The van der Waals surface area contributed by atoms with E-state index in [1.807, 2.05) is 0 Å². The molecule has 0 unspecified atom stereocenters. The van der Waals surface area contributed by atoms with Crippen LogP contribution in [0.3, 0.4) is 0 Å². The number of carbonyl (C=O) groups excluding carboxylic acids is 3. The van der Waals surface area contributed by atoms with Gasteiger partial charge in [-0.25, -0.2) is 14.2 Å². The summed E-state index contributed by atoms with van der Waals surface area (Å²) in [5.74, 6) is -2.98. The number of rotatable bonds is 6. The third kappa shape index (κ3) is 7.38. The van der Waals surface area contributed by atoms with Crippen LogP contribution in [0.1, 0.15) is 58.8 Å². The van der Waals surface area contributed by atoms with Gasteiger partial charge in [-0.15, -0.1) is 0 Å². The van der Waals surface area contributed by atoms with Crippen molar-refractivity contribution in [2.45, 2.75) is 56.0 Å². The topological polar surface area (TPSA) is 85.9 Å². The largest absolute Gasteiger partial charge is 0.416 e. The minimum atomic E-state index is -5.10. The molecule has 1 aliphatic carbocycles. The lowest BCUT2D eigenvalue weighted by Crippen LogP contribution is -2.45. The lowest BCUT2D eigenvalue weighted by atomic mass is 9.85. The van der Waals surface area contributed by atoms with Crippen LogP contribution in [-0.2, 0) is 17.1 Å². The summed E-state index contributed by atoms with van der Waals surface area (Å²) in [5.41, 5.74) is -3.11. The second kappa shape index (κ2) is 13.5. The highest BCUT2D eigenvalue weighted by Crippen LogP contribution is 2.41. The molecule has 2 aromatic carbocycles. The molecule has 2 aliphatic heterocycles. The Labute approximate surface area is 281 Å². The SMILES string of the molecule is O=C(N[C@H]1CC[C@H](C(=O)N2C[C@@H](N3CCN(c4cc(C(F)(F)F)cc(C(F)(F)F)c4)C3=O)[C@H](c3ccc(F)cc3)C2)CC1)c1cccc(F)n1. The molecule has 0 radical (unpaired) electrons. The third-order valence-electron chi connectivity index (χ3n) is 9.58. The van der Waals surface area contributed by atoms with Gasteiger partial charge in [-0.1, -0.05) is 18.2 Å². The minimum absolute atomic E-state index is 0.00411. The van der Waals surface area contributed by atoms with Crippen LogP contribution in [0.5, 0.6) is 0 Å². The van der Waals surface area contributed by atoms with Gasteiger partial charge in [0.25, 0.3) is 5.91 Å². The summed E-state index contributed by atoms with van der Waals surface area (Å²) in [7, 11) is 0. The molecule has 1 aromatic heterocycles. The number of urea groups is 1. The standard InChI is InChI=1S/C34H31F8N5O3/c35-23-8-4-19(5-9-23)26-17-45(31(49)20-6-10-24(11-7-20)43-30(48)27-2-1-3-29(36)44-27)18-28(26)47-13-12-46(32(47)50)25-15-21(33(37,38)39)14-22(16-25)34(40,41)42/h1-5,8-9,14-16,20,24,26,28H,6-7,10-13,17-18H2,(H,43,48)/t20-,24-,26-,28+/m0/s1. The Hall–Kier alpha value is -4.76. The predicted molar refractivity (Wildman–Crippen MR) is 163 cm³/mol. The zero-order valence-corrected chi connectivity index (χ0v) is 26.3. The molecule has 4 amide bonds. The highest BCUT2D eigenvalue weighted by molar-refractivity contribution is 5.95. The van der Waals surface area contributed by atoms with Crippen molar-refractivity contribution in [2.75, 3.05) is 31.1 Å². The Morgan fingerprint density at radius 3 is 2.04 bits per heavy atom. The Bertz CT molecular complexity index is 1730. The third-order valence-corrected chi connectivity index (χ3v) is 9.58. The monoisotopic (exact) mass is 709 g/mol. The van der Waals surface area contributed by atoms with E-state index in [4.69, 9.17) is 0 Å². The summed E-state index contributed by atoms with van der Waals surface area (Å²) in [5, 5.41) is 2.82. The summed E-state index contributed by atoms with van der Waals surface area (Å²) >= 11 is 0. The number of anilines is 1. The Morgan fingerprint density at radius 1 is 0.800 bits per heavy atom. The average molecular weight is 710 g/mol. The van der Waals surface area contributed by atoms with Crippen LogP contribution in [0.2, 0.25) is 0 Å². The molecule has 266 valence electrons. The van der Waals surface area contributed by atoms with Gasteiger partial charge >= 0.3 is 18.4 Å². The number of nitrogens with zero attached hydrogens (tertiary/aromatic N) is 4. The maximum Gasteiger partial charge on any atom is 0.416 e. The predicted octanol–water partition coefficient (Wildman–Crippen LogP) is 6.62. The second-order valence-electron chi connectivity index (χ2n) is 12.7. The van der Waals surface area contributed by atoms with Crippen LogP contribution < -0.4 is 10.2 Å². The number of hydrogen-bond donors (Lipinski definition) is 1. The van der Waals surface area contributed by atoms with Crippen molar-refractivity contribution in [3.8, 4) is 0 Å². The Kier molecular flexibility index (Phi) is 9.48. The summed E-state index contributed by atoms with van der Waals surface area (Å²) in [6.07, 6.45) is -8.41. The lowest BCUT2D eigenvalue weighted by molar-refractivity contribution is -0.143. The van der Waals surface area contributed by atoms with E-state index >= 15 is 0 Å². The normalized spacial score (nSPS) is 23.0. The van der Waals surface area contributed by atoms with E-state index in [0.29, 0.717) is 43.4 Å². The first-order valence-corrected chi connectivity index (χ1v) is 15.9. The molecular formula is C34H31F8N5O3. The fourth-order valence-electron chi connectivity index (χ4n) is 7.05. The van der Waals surface area contributed by atoms with E-state index in [0.717, 1.165) is 11.0 Å². The molecule has 0 bridgehead atoms. The van der Waals surface area contributed by atoms with E-state index in [1.165, 1.54) is 41.3 Å². The van der Waals surface area contributed by atoms with Gasteiger partial charge in [0.05, 0.1) is 17.2 Å².